The summed E-state index contributed by atoms with van der Waals surface area (Å²) in [6.07, 6.45) is 2.11. The van der Waals surface area contributed by atoms with Crippen LogP contribution in [-0.4, -0.2) is 18.6 Å². The maximum absolute atomic E-state index is 12.6. The SMILES string of the molecule is CCOC(=O)C1CCCc2c(c(C)c3ccccc3[n+]2[O-])N1. The van der Waals surface area contributed by atoms with Crippen molar-refractivity contribution in [1.82, 2.24) is 0 Å². The van der Waals surface area contributed by atoms with Gasteiger partial charge in [0, 0.05) is 12.5 Å². The zero-order valence-corrected chi connectivity index (χ0v) is 12.9. The molecule has 1 aliphatic rings. The first-order chi connectivity index (χ1) is 10.6. The number of pyridine rings is 1. The van der Waals surface area contributed by atoms with Gasteiger partial charge in [-0.05, 0) is 38.3 Å². The number of hydrogen-bond donors (Lipinski definition) is 1. The lowest BCUT2D eigenvalue weighted by Gasteiger charge is -2.18. The smallest absolute Gasteiger partial charge is 0.328 e. The van der Waals surface area contributed by atoms with Gasteiger partial charge in [-0.3, -0.25) is 0 Å². The number of carbonyl (C=O) groups is 1. The van der Waals surface area contributed by atoms with Gasteiger partial charge in [0.25, 0.3) is 0 Å². The molecule has 2 heterocycles. The monoisotopic (exact) mass is 300 g/mol. The van der Waals surface area contributed by atoms with Crippen molar-refractivity contribution in [1.29, 1.82) is 0 Å². The number of aromatic nitrogens is 1. The minimum atomic E-state index is -0.388. The summed E-state index contributed by atoms with van der Waals surface area (Å²) >= 11 is 0. The fourth-order valence-corrected chi connectivity index (χ4v) is 3.12. The summed E-state index contributed by atoms with van der Waals surface area (Å²) < 4.78 is 6.12. The Kier molecular flexibility index (Phi) is 3.88. The van der Waals surface area contributed by atoms with Crippen LogP contribution in [-0.2, 0) is 16.0 Å². The first-order valence-electron chi connectivity index (χ1n) is 7.70. The third kappa shape index (κ3) is 2.36. The number of para-hydroxylation sites is 1. The molecule has 2 aromatic rings. The Morgan fingerprint density at radius 2 is 2.23 bits per heavy atom. The number of aryl methyl sites for hydroxylation is 1. The highest BCUT2D eigenvalue weighted by Crippen LogP contribution is 2.30. The van der Waals surface area contributed by atoms with E-state index in [2.05, 4.69) is 5.32 Å². The molecule has 1 aromatic carbocycles. The van der Waals surface area contributed by atoms with E-state index in [9.17, 15) is 10.0 Å². The van der Waals surface area contributed by atoms with Crippen molar-refractivity contribution in [2.45, 2.75) is 39.2 Å². The standard InChI is InChI=1S/C17H20N2O3/c1-3-22-17(20)13-8-6-10-15-16(18-13)11(2)12-7-4-5-9-14(12)19(15)21/h4-5,7,9,13,18H,3,6,8,10H2,1-2H3. The highest BCUT2D eigenvalue weighted by Gasteiger charge is 2.29. The van der Waals surface area contributed by atoms with Gasteiger partial charge in [0.05, 0.1) is 12.0 Å². The van der Waals surface area contributed by atoms with Crippen LogP contribution in [0.15, 0.2) is 24.3 Å². The summed E-state index contributed by atoms with van der Waals surface area (Å²) in [6, 6.07) is 7.17. The van der Waals surface area contributed by atoms with Crippen LogP contribution in [0.4, 0.5) is 5.69 Å². The third-order valence-corrected chi connectivity index (χ3v) is 4.23. The number of hydrogen-bond acceptors (Lipinski definition) is 4. The molecule has 0 saturated carbocycles. The topological polar surface area (TPSA) is 65.3 Å². The second kappa shape index (κ2) is 5.83. The second-order valence-corrected chi connectivity index (χ2v) is 5.60. The summed E-state index contributed by atoms with van der Waals surface area (Å²) in [5.41, 5.74) is 3.18. The largest absolute Gasteiger partial charge is 0.618 e. The van der Waals surface area contributed by atoms with Gasteiger partial charge < -0.3 is 15.3 Å². The van der Waals surface area contributed by atoms with Crippen molar-refractivity contribution in [3.8, 4) is 0 Å². The van der Waals surface area contributed by atoms with Crippen molar-refractivity contribution in [2.24, 2.45) is 0 Å². The van der Waals surface area contributed by atoms with Gasteiger partial charge in [-0.2, -0.15) is 4.73 Å². The van der Waals surface area contributed by atoms with Crippen LogP contribution in [0.5, 0.6) is 0 Å². The Hall–Kier alpha value is -2.30. The number of benzene rings is 1. The zero-order chi connectivity index (χ0) is 15.7. The lowest BCUT2D eigenvalue weighted by Crippen LogP contribution is -2.36. The molecular formula is C17H20N2O3. The molecule has 5 heteroatoms. The highest BCUT2D eigenvalue weighted by molar-refractivity contribution is 5.87. The highest BCUT2D eigenvalue weighted by atomic mass is 16.5. The number of fused-ring (bicyclic) bond motifs is 2. The van der Waals surface area contributed by atoms with E-state index >= 15 is 0 Å². The number of carbonyl (C=O) groups excluding carboxylic acids is 1. The minimum absolute atomic E-state index is 0.250. The average molecular weight is 300 g/mol. The fraction of sp³-hybridized carbons (Fsp3) is 0.412. The summed E-state index contributed by atoms with van der Waals surface area (Å²) in [6.45, 7) is 4.15. The van der Waals surface area contributed by atoms with Gasteiger partial charge in [0.2, 0.25) is 11.2 Å². The normalized spacial score (nSPS) is 17.5. The van der Waals surface area contributed by atoms with E-state index in [1.54, 1.807) is 6.92 Å². The predicted molar refractivity (Wildman–Crippen MR) is 84.6 cm³/mol. The van der Waals surface area contributed by atoms with Crippen LogP contribution in [0.3, 0.4) is 0 Å². The van der Waals surface area contributed by atoms with Gasteiger partial charge in [-0.25, -0.2) is 4.79 Å². The Balaban J connectivity index is 2.11. The fourth-order valence-electron chi connectivity index (χ4n) is 3.12. The molecule has 1 unspecified atom stereocenters. The van der Waals surface area contributed by atoms with Crippen molar-refractivity contribution in [2.75, 3.05) is 11.9 Å². The van der Waals surface area contributed by atoms with E-state index in [-0.39, 0.29) is 12.0 Å². The van der Waals surface area contributed by atoms with Crippen molar-refractivity contribution in [3.05, 3.63) is 40.7 Å². The van der Waals surface area contributed by atoms with Crippen LogP contribution < -0.4 is 10.0 Å². The van der Waals surface area contributed by atoms with Crippen LogP contribution in [0.2, 0.25) is 0 Å². The molecule has 5 nitrogen and oxygen atoms in total. The summed E-state index contributed by atoms with van der Waals surface area (Å²) in [7, 11) is 0. The molecule has 1 aromatic heterocycles. The molecule has 3 rings (SSSR count). The maximum Gasteiger partial charge on any atom is 0.328 e. The molecule has 0 aliphatic carbocycles. The summed E-state index contributed by atoms with van der Waals surface area (Å²) in [5.74, 6) is -0.250. The second-order valence-electron chi connectivity index (χ2n) is 5.60. The van der Waals surface area contributed by atoms with Crippen molar-refractivity contribution in [3.63, 3.8) is 0 Å². The van der Waals surface area contributed by atoms with Crippen molar-refractivity contribution < 1.29 is 14.3 Å². The van der Waals surface area contributed by atoms with Crippen LogP contribution in [0.25, 0.3) is 10.9 Å². The molecule has 1 aliphatic heterocycles. The number of nitrogens with one attached hydrogen (secondary N) is 1. The molecule has 1 atom stereocenters. The van der Waals surface area contributed by atoms with Gasteiger partial charge >= 0.3 is 5.97 Å². The summed E-state index contributed by atoms with van der Waals surface area (Å²) in [4.78, 5) is 12.1. The van der Waals surface area contributed by atoms with Gasteiger partial charge in [-0.1, -0.05) is 12.1 Å². The Morgan fingerprint density at radius 1 is 1.45 bits per heavy atom. The molecule has 0 bridgehead atoms. The van der Waals surface area contributed by atoms with Crippen molar-refractivity contribution >= 4 is 22.6 Å². The molecule has 0 saturated heterocycles. The van der Waals surface area contributed by atoms with Gasteiger partial charge in [0.1, 0.15) is 11.7 Å². The molecule has 22 heavy (non-hydrogen) atoms. The van der Waals surface area contributed by atoms with Crippen LogP contribution >= 0.6 is 0 Å². The van der Waals surface area contributed by atoms with E-state index < -0.39 is 0 Å². The van der Waals surface area contributed by atoms with Gasteiger partial charge in [-0.15, -0.1) is 0 Å². The zero-order valence-electron chi connectivity index (χ0n) is 12.9. The van der Waals surface area contributed by atoms with Gasteiger partial charge in [0.15, 0.2) is 0 Å². The van der Waals surface area contributed by atoms with E-state index in [1.807, 2.05) is 31.2 Å². The number of rotatable bonds is 2. The molecule has 0 radical (unpaired) electrons. The first-order valence-corrected chi connectivity index (χ1v) is 7.70. The minimum Gasteiger partial charge on any atom is -0.618 e. The Bertz CT molecular complexity index is 727. The predicted octanol–water partition coefficient (Wildman–Crippen LogP) is 2.46. The van der Waals surface area contributed by atoms with E-state index in [0.29, 0.717) is 30.7 Å². The van der Waals surface area contributed by atoms with Crippen LogP contribution in [0, 0.1) is 12.1 Å². The quantitative estimate of drug-likeness (QED) is 0.525. The summed E-state index contributed by atoms with van der Waals surface area (Å²) in [5, 5.41) is 16.8. The lowest BCUT2D eigenvalue weighted by atomic mass is 10.0. The number of ether oxygens (including phenoxy) is 1. The number of nitrogens with zero attached hydrogens (tertiary/aromatic N) is 1. The van der Waals surface area contributed by atoms with E-state index in [1.165, 1.54) is 0 Å². The Labute approximate surface area is 129 Å². The molecule has 116 valence electrons. The molecule has 0 amide bonds. The van der Waals surface area contributed by atoms with Crippen LogP contribution in [0.1, 0.15) is 31.0 Å². The molecule has 1 N–H and O–H groups in total. The molecular weight excluding hydrogens is 280 g/mol. The van der Waals surface area contributed by atoms with E-state index in [0.717, 1.165) is 27.8 Å². The molecule has 0 spiro atoms. The number of anilines is 1. The third-order valence-electron chi connectivity index (χ3n) is 4.23. The Morgan fingerprint density at radius 3 is 3.00 bits per heavy atom. The maximum atomic E-state index is 12.6. The lowest BCUT2D eigenvalue weighted by molar-refractivity contribution is -0.585. The molecule has 0 fully saturated rings. The number of esters is 1. The first kappa shape index (κ1) is 14.6. The van der Waals surface area contributed by atoms with E-state index in [4.69, 9.17) is 4.74 Å². The average Bonchev–Trinajstić information content (AvgIpc) is 2.76.